The molecular weight excluding hydrogens is 568 g/mol. The Hall–Kier alpha value is -3.14. The van der Waals surface area contributed by atoms with Gasteiger partial charge in [0.15, 0.2) is 16.5 Å². The molecule has 0 saturated carbocycles. The van der Waals surface area contributed by atoms with E-state index in [4.69, 9.17) is 14.2 Å². The summed E-state index contributed by atoms with van der Waals surface area (Å²) >= 11 is 4.20. The first-order chi connectivity index (χ1) is 18.7. The maximum Gasteiger partial charge on any atom is 0.509 e. The number of nitrogens with one attached hydrogen (secondary N) is 1. The number of amides is 2. The van der Waals surface area contributed by atoms with Crippen LogP contribution in [0.15, 0.2) is 45.9 Å². The summed E-state index contributed by atoms with van der Waals surface area (Å²) in [5.74, 6) is -1.19. The van der Waals surface area contributed by atoms with Crippen LogP contribution in [0.25, 0.3) is 0 Å². The van der Waals surface area contributed by atoms with Crippen molar-refractivity contribution in [2.45, 2.75) is 47.9 Å². The molecule has 2 saturated heterocycles. The van der Waals surface area contributed by atoms with Gasteiger partial charge in [-0.1, -0.05) is 53.4 Å². The molecule has 0 aliphatic carbocycles. The number of cyclic esters (lactones) is 2. The molecule has 4 unspecified atom stereocenters. The van der Waals surface area contributed by atoms with Crippen molar-refractivity contribution in [2.24, 2.45) is 0 Å². The van der Waals surface area contributed by atoms with Crippen molar-refractivity contribution in [3.05, 3.63) is 52.2 Å². The molecule has 1 aromatic heterocycles. The van der Waals surface area contributed by atoms with E-state index in [2.05, 4.69) is 15.5 Å². The Bertz CT molecular complexity index is 1320. The van der Waals surface area contributed by atoms with Crippen molar-refractivity contribution < 1.29 is 38.5 Å². The second-order valence-electron chi connectivity index (χ2n) is 8.86. The highest BCUT2D eigenvalue weighted by Crippen LogP contribution is 2.42. The van der Waals surface area contributed by atoms with Crippen LogP contribution in [0.2, 0.25) is 0 Å². The molecule has 2 N–H and O–H groups in total. The van der Waals surface area contributed by atoms with E-state index in [1.807, 2.05) is 6.92 Å². The lowest BCUT2D eigenvalue weighted by Crippen LogP contribution is -2.71. The number of aromatic nitrogens is 2. The maximum atomic E-state index is 13.3. The Morgan fingerprint density at radius 3 is 2.69 bits per heavy atom. The van der Waals surface area contributed by atoms with Crippen molar-refractivity contribution in [1.82, 2.24) is 20.4 Å². The second-order valence-corrected chi connectivity index (χ2v) is 12.4. The molecule has 5 rings (SSSR count). The van der Waals surface area contributed by atoms with E-state index in [0.717, 1.165) is 9.35 Å². The molecule has 12 nitrogen and oxygen atoms in total. The van der Waals surface area contributed by atoms with Crippen LogP contribution in [0.4, 0.5) is 4.79 Å². The molecule has 0 spiro atoms. The number of fused-ring (bicyclic) bond motifs is 1. The van der Waals surface area contributed by atoms with Crippen LogP contribution < -0.4 is 5.32 Å². The van der Waals surface area contributed by atoms with Gasteiger partial charge >= 0.3 is 12.1 Å². The number of ether oxygens (including phenoxy) is 3. The van der Waals surface area contributed by atoms with Gasteiger partial charge < -0.3 is 24.6 Å². The van der Waals surface area contributed by atoms with Crippen LogP contribution >= 0.6 is 34.9 Å². The molecule has 1 aromatic carbocycles. The predicted molar refractivity (Wildman–Crippen MR) is 141 cm³/mol. The third-order valence-corrected chi connectivity index (χ3v) is 9.61. The number of aliphatic hydroxyl groups is 1. The van der Waals surface area contributed by atoms with Gasteiger partial charge in [0, 0.05) is 11.5 Å². The summed E-state index contributed by atoms with van der Waals surface area (Å²) in [5.41, 5.74) is 1.15. The Morgan fingerprint density at radius 1 is 1.26 bits per heavy atom. The quantitative estimate of drug-likeness (QED) is 0.248. The lowest BCUT2D eigenvalue weighted by Gasteiger charge is -2.49. The molecular formula is C24H24N4O8S3. The number of nitrogens with zero attached hydrogens (tertiary/aromatic N) is 3. The fourth-order valence-electron chi connectivity index (χ4n) is 4.16. The predicted octanol–water partition coefficient (Wildman–Crippen LogP) is 1.79. The second kappa shape index (κ2) is 11.5. The largest absolute Gasteiger partial charge is 0.509 e. The van der Waals surface area contributed by atoms with Gasteiger partial charge in [-0.3, -0.25) is 14.5 Å². The summed E-state index contributed by atoms with van der Waals surface area (Å²) in [4.78, 5) is 51.9. The number of carbonyl (C=O) groups excluding carboxylic acids is 4. The molecule has 3 aliphatic rings. The summed E-state index contributed by atoms with van der Waals surface area (Å²) in [5, 5.41) is 21.4. The minimum Gasteiger partial charge on any atom is -0.457 e. The third kappa shape index (κ3) is 5.76. The summed E-state index contributed by atoms with van der Waals surface area (Å²) in [6, 6.07) is 7.46. The number of thioether (sulfide) groups is 2. The number of β-lactam (4-membered cyclic amide) rings is 1. The number of carbonyl (C=O) groups is 4. The zero-order valence-corrected chi connectivity index (χ0v) is 23.2. The van der Waals surface area contributed by atoms with Crippen molar-refractivity contribution in [3.8, 4) is 0 Å². The average molecular weight is 593 g/mol. The summed E-state index contributed by atoms with van der Waals surface area (Å²) in [7, 11) is 0. The van der Waals surface area contributed by atoms with Gasteiger partial charge in [0.05, 0.1) is 0 Å². The van der Waals surface area contributed by atoms with E-state index in [1.165, 1.54) is 39.8 Å². The zero-order valence-electron chi connectivity index (χ0n) is 20.8. The molecule has 39 heavy (non-hydrogen) atoms. The van der Waals surface area contributed by atoms with Gasteiger partial charge in [-0.15, -0.1) is 22.0 Å². The van der Waals surface area contributed by atoms with Gasteiger partial charge in [0.2, 0.25) is 0 Å². The lowest BCUT2D eigenvalue weighted by atomic mass is 10.0. The summed E-state index contributed by atoms with van der Waals surface area (Å²) in [6.45, 7) is 3.22. The average Bonchev–Trinajstić information content (AvgIpc) is 3.51. The monoisotopic (exact) mass is 592 g/mol. The molecule has 0 radical (unpaired) electrons. The standard InChI is InChI=1S/C24H24N4O8S3/c1-11-15(36-24(33)35-11)8-34-22(32)17-14(10-38-23-27-26-12(2)39-23)9-37-21-16(20(31)28(17)21)25-19(30)18(29)13-6-4-3-5-7-13/h3-7,11,15-16,18,21,29H,8-10H2,1-2H3,(H,25,30)/t11?,15?,16?,18?,21-/m0/s1. The Labute approximate surface area is 235 Å². The molecule has 2 fully saturated rings. The van der Waals surface area contributed by atoms with E-state index in [9.17, 15) is 24.3 Å². The lowest BCUT2D eigenvalue weighted by molar-refractivity contribution is -0.154. The number of aryl methyl sites for hydroxylation is 1. The number of esters is 1. The van der Waals surface area contributed by atoms with Crippen molar-refractivity contribution in [2.75, 3.05) is 18.1 Å². The molecule has 5 atom stereocenters. The fraction of sp³-hybridized carbons (Fsp3) is 0.417. The Kier molecular flexibility index (Phi) is 8.11. The van der Waals surface area contributed by atoms with Crippen LogP contribution in [0.5, 0.6) is 0 Å². The van der Waals surface area contributed by atoms with Crippen LogP contribution in [0.1, 0.15) is 23.6 Å². The van der Waals surface area contributed by atoms with Crippen molar-refractivity contribution in [1.29, 1.82) is 0 Å². The van der Waals surface area contributed by atoms with Gasteiger partial charge in [-0.2, -0.15) is 0 Å². The third-order valence-electron chi connectivity index (χ3n) is 6.21. The van der Waals surface area contributed by atoms with Crippen LogP contribution in [0, 0.1) is 6.92 Å². The van der Waals surface area contributed by atoms with Crippen LogP contribution in [-0.4, -0.2) is 85.9 Å². The first kappa shape index (κ1) is 27.4. The fourth-order valence-corrected chi connectivity index (χ4v) is 7.46. The van der Waals surface area contributed by atoms with Gasteiger partial charge in [0.1, 0.15) is 34.8 Å². The molecule has 3 aliphatic heterocycles. The van der Waals surface area contributed by atoms with E-state index < -0.39 is 53.7 Å². The molecule has 2 aromatic rings. The normalized spacial score (nSPS) is 24.8. The summed E-state index contributed by atoms with van der Waals surface area (Å²) in [6.07, 6.45) is -3.64. The van der Waals surface area contributed by atoms with Crippen LogP contribution in [0.3, 0.4) is 0 Å². The van der Waals surface area contributed by atoms with Crippen molar-refractivity contribution >= 4 is 58.8 Å². The van der Waals surface area contributed by atoms with E-state index in [0.29, 0.717) is 22.6 Å². The topological polar surface area (TPSA) is 157 Å². The molecule has 4 heterocycles. The highest BCUT2D eigenvalue weighted by Gasteiger charge is 2.55. The minimum atomic E-state index is -1.44. The SMILES string of the molecule is Cc1nnc(SCC2=C(C(=O)OCC3OC(=O)OC3C)N3C(=O)C(NC(=O)C(O)c4ccccc4)[C@@H]3SC2)s1. The molecule has 0 bridgehead atoms. The number of rotatable bonds is 9. The Morgan fingerprint density at radius 2 is 2.03 bits per heavy atom. The first-order valence-corrected chi connectivity index (χ1v) is 14.8. The number of hydrogen-bond donors (Lipinski definition) is 2. The van der Waals surface area contributed by atoms with E-state index >= 15 is 0 Å². The Balaban J connectivity index is 1.31. The molecule has 206 valence electrons. The van der Waals surface area contributed by atoms with E-state index in [1.54, 1.807) is 37.3 Å². The number of benzene rings is 1. The van der Waals surface area contributed by atoms with Gasteiger partial charge in [-0.25, -0.2) is 9.59 Å². The van der Waals surface area contributed by atoms with Gasteiger partial charge in [0.25, 0.3) is 11.8 Å². The first-order valence-electron chi connectivity index (χ1n) is 11.9. The summed E-state index contributed by atoms with van der Waals surface area (Å²) < 4.78 is 16.1. The van der Waals surface area contributed by atoms with Crippen LogP contribution in [-0.2, 0) is 28.6 Å². The number of aliphatic hydroxyl groups excluding tert-OH is 1. The minimum absolute atomic E-state index is 0.0875. The smallest absolute Gasteiger partial charge is 0.457 e. The number of hydrogen-bond acceptors (Lipinski definition) is 13. The molecule has 15 heteroatoms. The highest BCUT2D eigenvalue weighted by molar-refractivity contribution is 8.01. The van der Waals surface area contributed by atoms with Gasteiger partial charge in [-0.05, 0) is 25.0 Å². The highest BCUT2D eigenvalue weighted by atomic mass is 32.2. The van der Waals surface area contributed by atoms with Crippen molar-refractivity contribution in [3.63, 3.8) is 0 Å². The molecule has 2 amide bonds. The van der Waals surface area contributed by atoms with E-state index in [-0.39, 0.29) is 12.3 Å². The zero-order chi connectivity index (χ0) is 27.7. The maximum absolute atomic E-state index is 13.3.